The van der Waals surface area contributed by atoms with Gasteiger partial charge in [0, 0.05) is 43.4 Å². The Balaban J connectivity index is 0.000000228. The molecule has 12 nitrogen and oxygen atoms in total. The number of alkyl carbamates (subject to hydrolysis) is 2. The van der Waals surface area contributed by atoms with E-state index in [1.165, 1.54) is 0 Å². The van der Waals surface area contributed by atoms with Crippen molar-refractivity contribution in [3.63, 3.8) is 0 Å². The van der Waals surface area contributed by atoms with Crippen LogP contribution in [0.1, 0.15) is 89.6 Å². The van der Waals surface area contributed by atoms with Gasteiger partial charge in [-0.25, -0.2) is 9.59 Å². The molecule has 0 radical (unpaired) electrons. The van der Waals surface area contributed by atoms with Gasteiger partial charge >= 0.3 is 12.2 Å². The van der Waals surface area contributed by atoms with Crippen LogP contribution in [0.4, 0.5) is 9.59 Å². The number of nitrogens with zero attached hydrogens (tertiary/aromatic N) is 2. The minimum Gasteiger partial charge on any atom is -0.464 e. The first-order valence-electron chi connectivity index (χ1n) is 23.5. The van der Waals surface area contributed by atoms with E-state index in [4.69, 9.17) is 18.3 Å². The lowest BCUT2D eigenvalue weighted by Crippen LogP contribution is -2.50. The summed E-state index contributed by atoms with van der Waals surface area (Å²) in [5, 5.41) is 7.62. The number of hydrogen-bond donors (Lipinski definition) is 2. The van der Waals surface area contributed by atoms with Gasteiger partial charge in [0.1, 0.15) is 34.5 Å². The predicted molar refractivity (Wildman–Crippen MR) is 270 cm³/mol. The van der Waals surface area contributed by atoms with E-state index >= 15 is 0 Å². The first kappa shape index (κ1) is 51.1. The molecule has 5 aromatic carbocycles. The summed E-state index contributed by atoms with van der Waals surface area (Å²) in [6.07, 6.45) is 2.99. The Morgan fingerprint density at radius 2 is 0.870 bits per heavy atom. The number of carbonyl (C=O) groups excluding carboxylic acids is 4. The van der Waals surface area contributed by atoms with Gasteiger partial charge in [-0.3, -0.25) is 9.59 Å². The van der Waals surface area contributed by atoms with Crippen molar-refractivity contribution in [2.75, 3.05) is 0 Å². The van der Waals surface area contributed by atoms with Gasteiger partial charge in [-0.05, 0) is 118 Å². The maximum Gasteiger partial charge on any atom is 0.408 e. The van der Waals surface area contributed by atoms with Crippen LogP contribution in [0.3, 0.4) is 0 Å². The summed E-state index contributed by atoms with van der Waals surface area (Å²) in [6.45, 7) is 16.5. The average molecular weight is 935 g/mol. The van der Waals surface area contributed by atoms with E-state index in [-0.39, 0.29) is 17.7 Å². The van der Waals surface area contributed by atoms with Crippen molar-refractivity contribution < 1.29 is 37.5 Å². The summed E-state index contributed by atoms with van der Waals surface area (Å²) in [4.78, 5) is 56.5. The molecule has 7 aromatic rings. The molecule has 2 aromatic heterocycles. The molecule has 0 aliphatic heterocycles. The average Bonchev–Trinajstić information content (AvgIpc) is 3.97. The van der Waals surface area contributed by atoms with E-state index in [2.05, 4.69) is 10.6 Å². The molecule has 0 saturated heterocycles. The summed E-state index contributed by atoms with van der Waals surface area (Å²) in [6, 6.07) is 43.5. The standard InChI is InChI=1S/C30H32N2O4.C27H34N2O4/c1-30(2,3)36-29(34)31-26(19-22-10-6-4-7-11-22)28(33)32(20-23-12-8-5-9-13-23)21-24-14-15-27-25(18-24)16-17-35-27;1-19(2)15-23(28-26(31)33-27(3,4)5)25(30)29(17-20-9-7-6-8-10-20)18-21-11-12-24-22(16-21)13-14-32-24/h4-18,26H,19-21H2,1-3H3,(H,31,34);6-14,16,19,23H,15,17-18H2,1-5H3,(H,28,31)/t26-;23-/m10/s1. The smallest absolute Gasteiger partial charge is 0.408 e. The highest BCUT2D eigenvalue weighted by Crippen LogP contribution is 2.23. The van der Waals surface area contributed by atoms with Crippen LogP contribution in [0.15, 0.2) is 161 Å². The number of rotatable bonds is 16. The summed E-state index contributed by atoms with van der Waals surface area (Å²) >= 11 is 0. The van der Waals surface area contributed by atoms with Crippen LogP contribution in [-0.2, 0) is 51.7 Å². The van der Waals surface area contributed by atoms with Crippen LogP contribution in [0, 0.1) is 5.92 Å². The van der Waals surface area contributed by atoms with Crippen molar-refractivity contribution in [2.45, 2.75) is 118 Å². The van der Waals surface area contributed by atoms with E-state index in [9.17, 15) is 19.2 Å². The van der Waals surface area contributed by atoms with Gasteiger partial charge in [0.25, 0.3) is 0 Å². The van der Waals surface area contributed by atoms with Crippen molar-refractivity contribution in [3.8, 4) is 0 Å². The number of fused-ring (bicyclic) bond motifs is 2. The summed E-state index contributed by atoms with van der Waals surface area (Å²) < 4.78 is 21.8. The molecule has 0 aliphatic rings. The van der Waals surface area contributed by atoms with Gasteiger partial charge in [-0.2, -0.15) is 0 Å². The number of ether oxygens (including phenoxy) is 2. The highest BCUT2D eigenvalue weighted by Gasteiger charge is 2.31. The van der Waals surface area contributed by atoms with Gasteiger partial charge in [-0.1, -0.05) is 117 Å². The second-order valence-electron chi connectivity index (χ2n) is 19.7. The lowest BCUT2D eigenvalue weighted by molar-refractivity contribution is -0.135. The zero-order valence-corrected chi connectivity index (χ0v) is 41.1. The van der Waals surface area contributed by atoms with Crippen molar-refractivity contribution in [3.05, 3.63) is 180 Å². The predicted octanol–water partition coefficient (Wildman–Crippen LogP) is 12.0. The Hall–Kier alpha value is -7.34. The Kier molecular flexibility index (Phi) is 17.5. The van der Waals surface area contributed by atoms with Gasteiger partial charge in [0.2, 0.25) is 11.8 Å². The largest absolute Gasteiger partial charge is 0.464 e. The molecule has 0 bridgehead atoms. The highest BCUT2D eigenvalue weighted by molar-refractivity contribution is 5.87. The fourth-order valence-electron chi connectivity index (χ4n) is 7.78. The van der Waals surface area contributed by atoms with E-state index in [1.807, 2.05) is 153 Å². The van der Waals surface area contributed by atoms with E-state index in [0.29, 0.717) is 39.0 Å². The fraction of sp³-hybridized carbons (Fsp3) is 0.333. The number of benzene rings is 5. The third kappa shape index (κ3) is 16.4. The fourth-order valence-corrected chi connectivity index (χ4v) is 7.78. The second kappa shape index (κ2) is 23.6. The second-order valence-corrected chi connectivity index (χ2v) is 19.7. The van der Waals surface area contributed by atoms with Crippen molar-refractivity contribution >= 4 is 45.9 Å². The number of amides is 4. The monoisotopic (exact) mass is 934 g/mol. The summed E-state index contributed by atoms with van der Waals surface area (Å²) in [7, 11) is 0. The molecule has 0 saturated carbocycles. The number of furan rings is 2. The van der Waals surface area contributed by atoms with Crippen molar-refractivity contribution in [2.24, 2.45) is 5.92 Å². The maximum atomic E-state index is 14.0. The molecule has 362 valence electrons. The van der Waals surface area contributed by atoms with Crippen molar-refractivity contribution in [1.82, 2.24) is 20.4 Å². The van der Waals surface area contributed by atoms with Gasteiger partial charge in [-0.15, -0.1) is 0 Å². The SMILES string of the molecule is CC(C)(C)OC(=O)N[C@H](Cc1ccccc1)C(=O)N(Cc1ccccc1)Cc1ccc2occc2c1.CC(C)C[C@H](NC(=O)OC(C)(C)C)C(=O)N(Cc1ccccc1)Cc1ccc2occc2c1. The van der Waals surface area contributed by atoms with E-state index in [1.54, 1.807) is 63.9 Å². The molecule has 7 rings (SSSR count). The first-order valence-corrected chi connectivity index (χ1v) is 23.5. The van der Waals surface area contributed by atoms with Crippen LogP contribution >= 0.6 is 0 Å². The molecule has 0 aliphatic carbocycles. The number of hydrogen-bond acceptors (Lipinski definition) is 8. The Morgan fingerprint density at radius 3 is 1.28 bits per heavy atom. The Bertz CT molecular complexity index is 2740. The highest BCUT2D eigenvalue weighted by atomic mass is 16.6. The molecular formula is C57H66N4O8. The number of nitrogens with one attached hydrogen (secondary N) is 2. The molecule has 2 N–H and O–H groups in total. The minimum atomic E-state index is -0.788. The topological polar surface area (TPSA) is 144 Å². The molecule has 69 heavy (non-hydrogen) atoms. The normalized spacial score (nSPS) is 12.4. The van der Waals surface area contributed by atoms with Crippen LogP contribution in [0.5, 0.6) is 0 Å². The summed E-state index contributed by atoms with van der Waals surface area (Å²) in [5.41, 5.74) is 5.25. The Morgan fingerprint density at radius 1 is 0.493 bits per heavy atom. The van der Waals surface area contributed by atoms with Crippen LogP contribution < -0.4 is 10.6 Å². The molecule has 0 spiro atoms. The molecular weight excluding hydrogens is 869 g/mol. The molecule has 12 heteroatoms. The van der Waals surface area contributed by atoms with Crippen LogP contribution in [0.25, 0.3) is 21.9 Å². The first-order chi connectivity index (χ1) is 32.9. The number of carbonyl (C=O) groups is 4. The molecule has 0 fully saturated rings. The third-order valence-corrected chi connectivity index (χ3v) is 10.8. The lowest BCUT2D eigenvalue weighted by Gasteiger charge is -2.30. The zero-order valence-electron chi connectivity index (χ0n) is 41.1. The minimum absolute atomic E-state index is 0.134. The molecule has 2 atom stereocenters. The van der Waals surface area contributed by atoms with Gasteiger partial charge < -0.3 is 38.7 Å². The quantitative estimate of drug-likeness (QED) is 0.0975. The molecule has 4 amide bonds. The van der Waals surface area contributed by atoms with E-state index in [0.717, 1.165) is 49.8 Å². The van der Waals surface area contributed by atoms with Crippen LogP contribution in [-0.4, -0.2) is 57.1 Å². The summed E-state index contributed by atoms with van der Waals surface area (Å²) in [5.74, 6) is -0.0960. The van der Waals surface area contributed by atoms with Crippen molar-refractivity contribution in [1.29, 1.82) is 0 Å². The van der Waals surface area contributed by atoms with Gasteiger partial charge in [0.15, 0.2) is 0 Å². The molecule has 2 heterocycles. The lowest BCUT2D eigenvalue weighted by atomic mass is 10.0. The third-order valence-electron chi connectivity index (χ3n) is 10.8. The van der Waals surface area contributed by atoms with Crippen LogP contribution in [0.2, 0.25) is 0 Å². The zero-order chi connectivity index (χ0) is 49.6. The maximum absolute atomic E-state index is 14.0. The molecule has 0 unspecified atom stereocenters. The van der Waals surface area contributed by atoms with E-state index < -0.39 is 35.5 Å². The van der Waals surface area contributed by atoms with Gasteiger partial charge in [0.05, 0.1) is 12.5 Å². The Labute approximate surface area is 406 Å².